The van der Waals surface area contributed by atoms with E-state index in [1.54, 1.807) is 43.5 Å². The second-order valence-corrected chi connectivity index (χ2v) is 7.45. The predicted octanol–water partition coefficient (Wildman–Crippen LogP) is 5.51. The molecule has 0 bridgehead atoms. The van der Waals surface area contributed by atoms with E-state index in [1.807, 2.05) is 0 Å². The summed E-state index contributed by atoms with van der Waals surface area (Å²) in [6.45, 7) is 2.05. The van der Waals surface area contributed by atoms with E-state index in [1.165, 1.54) is 23.3 Å². The molecule has 0 aliphatic heterocycles. The van der Waals surface area contributed by atoms with Gasteiger partial charge >= 0.3 is 5.97 Å². The van der Waals surface area contributed by atoms with Gasteiger partial charge in [0.1, 0.15) is 11.6 Å². The van der Waals surface area contributed by atoms with Gasteiger partial charge in [0.2, 0.25) is 0 Å². The number of methoxy groups -OCH3 is 1. The molecule has 1 saturated carbocycles. The first-order valence-corrected chi connectivity index (χ1v) is 9.81. The third-order valence-electron chi connectivity index (χ3n) is 5.34. The van der Waals surface area contributed by atoms with Crippen molar-refractivity contribution in [1.29, 1.82) is 0 Å². The molecule has 5 heteroatoms. The van der Waals surface area contributed by atoms with Crippen molar-refractivity contribution >= 4 is 11.7 Å². The van der Waals surface area contributed by atoms with Gasteiger partial charge in [-0.3, -0.25) is 0 Å². The van der Waals surface area contributed by atoms with Crippen LogP contribution in [-0.2, 0) is 4.84 Å². The molecule has 0 saturated heterocycles. The fourth-order valence-electron chi connectivity index (χ4n) is 3.50. The van der Waals surface area contributed by atoms with Gasteiger partial charge in [-0.25, -0.2) is 9.18 Å². The summed E-state index contributed by atoms with van der Waals surface area (Å²) in [5.41, 5.74) is 4.21. The van der Waals surface area contributed by atoms with Gasteiger partial charge in [-0.05, 0) is 66.8 Å². The molecule has 1 aliphatic carbocycles. The fourth-order valence-corrected chi connectivity index (χ4v) is 3.50. The highest BCUT2D eigenvalue weighted by Gasteiger charge is 2.43. The highest BCUT2D eigenvalue weighted by Crippen LogP contribution is 2.49. The van der Waals surface area contributed by atoms with Crippen molar-refractivity contribution in [3.8, 4) is 5.75 Å². The SMILES string of the molecule is COc1ccc(C(=O)O/N=C(\c2ccc(F)cc2)C2CC2c2ccc(C)cc2)cc1. The Morgan fingerprint density at radius 2 is 1.57 bits per heavy atom. The average Bonchev–Trinajstić information content (AvgIpc) is 3.56. The smallest absolute Gasteiger partial charge is 0.365 e. The number of rotatable bonds is 6. The second-order valence-electron chi connectivity index (χ2n) is 7.45. The Balaban J connectivity index is 1.56. The molecule has 1 fully saturated rings. The molecule has 4 nitrogen and oxygen atoms in total. The molecule has 4 rings (SSSR count). The lowest BCUT2D eigenvalue weighted by atomic mass is 10.0. The van der Waals surface area contributed by atoms with Crippen LogP contribution in [0.2, 0.25) is 0 Å². The molecule has 30 heavy (non-hydrogen) atoms. The Bertz CT molecular complexity index is 1060. The van der Waals surface area contributed by atoms with E-state index in [-0.39, 0.29) is 11.7 Å². The van der Waals surface area contributed by atoms with Gasteiger partial charge in [-0.15, -0.1) is 0 Å². The third-order valence-corrected chi connectivity index (χ3v) is 5.34. The van der Waals surface area contributed by atoms with E-state index in [4.69, 9.17) is 9.57 Å². The van der Waals surface area contributed by atoms with Crippen molar-refractivity contribution in [2.75, 3.05) is 7.11 Å². The molecule has 3 aromatic carbocycles. The molecule has 0 amide bonds. The Kier molecular flexibility index (Phi) is 5.61. The topological polar surface area (TPSA) is 47.9 Å². The predicted molar refractivity (Wildman–Crippen MR) is 113 cm³/mol. The number of hydrogen-bond acceptors (Lipinski definition) is 4. The zero-order valence-electron chi connectivity index (χ0n) is 16.8. The zero-order chi connectivity index (χ0) is 21.1. The number of halogens is 1. The molecule has 1 aliphatic rings. The van der Waals surface area contributed by atoms with Crippen LogP contribution in [0.3, 0.4) is 0 Å². The molecular weight excluding hydrogens is 381 g/mol. The summed E-state index contributed by atoms with van der Waals surface area (Å²) >= 11 is 0. The largest absolute Gasteiger partial charge is 0.497 e. The molecular formula is C25H22FNO3. The van der Waals surface area contributed by atoms with Crippen LogP contribution in [0.15, 0.2) is 78.0 Å². The van der Waals surface area contributed by atoms with Gasteiger partial charge in [-0.1, -0.05) is 47.1 Å². The van der Waals surface area contributed by atoms with E-state index in [2.05, 4.69) is 36.3 Å². The number of carbonyl (C=O) groups excluding carboxylic acids is 1. The first kappa shape index (κ1) is 19.8. The number of carbonyl (C=O) groups is 1. The number of hydrogen-bond donors (Lipinski definition) is 0. The summed E-state index contributed by atoms with van der Waals surface area (Å²) < 4.78 is 18.5. The van der Waals surface area contributed by atoms with Gasteiger partial charge in [0, 0.05) is 5.92 Å². The fraction of sp³-hybridized carbons (Fsp3) is 0.200. The van der Waals surface area contributed by atoms with Crippen LogP contribution in [0.4, 0.5) is 4.39 Å². The molecule has 0 N–H and O–H groups in total. The highest BCUT2D eigenvalue weighted by molar-refractivity contribution is 6.04. The van der Waals surface area contributed by atoms with E-state index < -0.39 is 5.97 Å². The number of aryl methyl sites for hydroxylation is 1. The number of oxime groups is 1. The maximum absolute atomic E-state index is 13.4. The van der Waals surface area contributed by atoms with Crippen molar-refractivity contribution in [2.24, 2.45) is 11.1 Å². The summed E-state index contributed by atoms with van der Waals surface area (Å²) in [5, 5.41) is 4.21. The normalized spacial score (nSPS) is 18.0. The van der Waals surface area contributed by atoms with Crippen molar-refractivity contribution in [3.05, 3.63) is 101 Å². The molecule has 2 unspecified atom stereocenters. The molecule has 2 atom stereocenters. The summed E-state index contributed by atoms with van der Waals surface area (Å²) in [5.74, 6) is 0.195. The van der Waals surface area contributed by atoms with Gasteiger partial charge in [0.05, 0.1) is 18.4 Å². The average molecular weight is 403 g/mol. The minimum atomic E-state index is -0.551. The lowest BCUT2D eigenvalue weighted by molar-refractivity contribution is 0.0515. The van der Waals surface area contributed by atoms with Crippen molar-refractivity contribution in [3.63, 3.8) is 0 Å². The van der Waals surface area contributed by atoms with Crippen molar-refractivity contribution in [2.45, 2.75) is 19.3 Å². The number of benzene rings is 3. The zero-order valence-corrected chi connectivity index (χ0v) is 16.8. The molecule has 0 spiro atoms. The summed E-state index contributed by atoms with van der Waals surface area (Å²) in [7, 11) is 1.56. The van der Waals surface area contributed by atoms with Gasteiger partial charge in [0.25, 0.3) is 0 Å². The van der Waals surface area contributed by atoms with E-state index in [9.17, 15) is 9.18 Å². The van der Waals surface area contributed by atoms with Gasteiger partial charge in [-0.2, -0.15) is 0 Å². The number of nitrogens with zero attached hydrogens (tertiary/aromatic N) is 1. The van der Waals surface area contributed by atoms with Crippen LogP contribution in [0, 0.1) is 18.7 Å². The van der Waals surface area contributed by atoms with Crippen molar-refractivity contribution < 1.29 is 18.8 Å². The molecule has 152 valence electrons. The van der Waals surface area contributed by atoms with E-state index >= 15 is 0 Å². The minimum Gasteiger partial charge on any atom is -0.497 e. The second kappa shape index (κ2) is 8.49. The lowest BCUT2D eigenvalue weighted by Gasteiger charge is -2.08. The summed E-state index contributed by atoms with van der Waals surface area (Å²) in [4.78, 5) is 17.7. The van der Waals surface area contributed by atoms with E-state index in [0.29, 0.717) is 22.9 Å². The highest BCUT2D eigenvalue weighted by atomic mass is 19.1. The minimum absolute atomic E-state index is 0.113. The van der Waals surface area contributed by atoms with Crippen LogP contribution in [0.25, 0.3) is 0 Å². The van der Waals surface area contributed by atoms with Crippen molar-refractivity contribution in [1.82, 2.24) is 0 Å². The van der Waals surface area contributed by atoms with Crippen LogP contribution in [0.5, 0.6) is 5.75 Å². The molecule has 0 heterocycles. The Labute approximate surface area is 174 Å². The van der Waals surface area contributed by atoms with Gasteiger partial charge in [0.15, 0.2) is 0 Å². The van der Waals surface area contributed by atoms with Crippen LogP contribution in [0.1, 0.15) is 39.4 Å². The summed E-state index contributed by atoms with van der Waals surface area (Å²) in [6.07, 6.45) is 0.902. The molecule has 3 aromatic rings. The van der Waals surface area contributed by atoms with Crippen LogP contribution < -0.4 is 4.74 Å². The standard InChI is InChI=1S/C25H22FNO3/c1-16-3-5-17(6-4-16)22-15-23(22)24(18-7-11-20(26)12-8-18)27-30-25(28)19-9-13-21(29-2)14-10-19/h3-14,22-23H,15H2,1-2H3/b27-24+. The van der Waals surface area contributed by atoms with Gasteiger partial charge < -0.3 is 9.57 Å². The third kappa shape index (κ3) is 4.40. The van der Waals surface area contributed by atoms with Crippen LogP contribution >= 0.6 is 0 Å². The molecule has 0 radical (unpaired) electrons. The Morgan fingerprint density at radius 3 is 2.20 bits per heavy atom. The Morgan fingerprint density at radius 1 is 0.933 bits per heavy atom. The Hall–Kier alpha value is -3.47. The maximum atomic E-state index is 13.4. The number of ether oxygens (including phenoxy) is 1. The lowest BCUT2D eigenvalue weighted by Crippen LogP contribution is -2.09. The first-order chi connectivity index (χ1) is 14.5. The molecule has 0 aromatic heterocycles. The van der Waals surface area contributed by atoms with E-state index in [0.717, 1.165) is 12.0 Å². The van der Waals surface area contributed by atoms with Crippen LogP contribution in [-0.4, -0.2) is 18.8 Å². The first-order valence-electron chi connectivity index (χ1n) is 9.81. The quantitative estimate of drug-likeness (QED) is 0.310. The maximum Gasteiger partial charge on any atom is 0.365 e. The monoisotopic (exact) mass is 403 g/mol. The summed E-state index contributed by atoms with van der Waals surface area (Å²) in [6, 6.07) is 21.1.